The molecule has 1 fully saturated rings. The molecule has 0 radical (unpaired) electrons. The van der Waals surface area contributed by atoms with E-state index in [1.54, 1.807) is 14.0 Å². The van der Waals surface area contributed by atoms with Gasteiger partial charge < -0.3 is 49.3 Å². The van der Waals surface area contributed by atoms with Crippen LogP contribution >= 0.6 is 23.2 Å². The monoisotopic (exact) mass is 1270 g/mol. The fourth-order valence-corrected chi connectivity index (χ4v) is 11.6. The number of nitrogens with two attached hydrogens (primary N) is 1. The van der Waals surface area contributed by atoms with Crippen LogP contribution in [0.2, 0.25) is 10.0 Å². The quantitative estimate of drug-likeness (QED) is 0.0568. The van der Waals surface area contributed by atoms with Crippen LogP contribution in [0.25, 0.3) is 11.3 Å². The van der Waals surface area contributed by atoms with Gasteiger partial charge in [-0.3, -0.25) is 29.1 Å². The van der Waals surface area contributed by atoms with Gasteiger partial charge in [-0.2, -0.15) is 10.4 Å². The van der Waals surface area contributed by atoms with Crippen LogP contribution in [0.1, 0.15) is 111 Å². The van der Waals surface area contributed by atoms with Crippen LogP contribution in [0.5, 0.6) is 11.6 Å². The summed E-state index contributed by atoms with van der Waals surface area (Å²) >= 11 is 13.0. The number of carbonyl (C=O) groups excluding carboxylic acids is 3. The molecule has 9 rings (SSSR count). The molecule has 2 bridgehead atoms. The zero-order valence-corrected chi connectivity index (χ0v) is 53.8. The SMILES string of the molecule is CCOc1cc(C(C)(C)C)ccc1C1=N[C@](C)(c2ccc(Cl)cc2)[C@](C)(c2ccc(Cl)cc2)N1C(=O)N1CCN(CCOCCOCCOCCOCCC(=O)NCCn2nc3c(c2C#N)-c2cnc(N)c(n2)O[C@H](C)c2cc(F)ccc2C(=O)N(C)C3)CC1. The number of hydrogen-bond acceptors (Lipinski definition) is 16. The van der Waals surface area contributed by atoms with Gasteiger partial charge in [0.2, 0.25) is 5.91 Å². The van der Waals surface area contributed by atoms with Crippen molar-refractivity contribution in [3.05, 3.63) is 152 Å². The summed E-state index contributed by atoms with van der Waals surface area (Å²) in [6, 6.07) is 27.4. The Balaban J connectivity index is 0.683. The van der Waals surface area contributed by atoms with Crippen LogP contribution in [0.15, 0.2) is 96.1 Å². The lowest BCUT2D eigenvalue weighted by Gasteiger charge is -2.47. The standard InChI is InChI=1S/C66H79Cl2FN12O9/c1-9-89-56-38-46(64(3,4)5)14-20-51(56)60-75-65(6,44-10-15-47(67)16-11-44)66(7,45-12-17-48(68)18-13-45)81(60)63(84)79-27-25-78(26-28-79)29-31-86-33-35-88-37-36-87-34-32-85-30-22-57(82)72-23-24-80-55(40-70)58-53-41-73-59(71)61(74-53)90-43(2)52-39-49(69)19-21-50(52)62(83)77(8)42-54(58)76-80/h10-21,38-39,41,43H,9,22-37,42H2,1-8H3,(H2,71,73)(H,72,82)/t43-,65-,66+/m1/s1. The van der Waals surface area contributed by atoms with Crippen molar-refractivity contribution < 1.29 is 47.2 Å². The van der Waals surface area contributed by atoms with Crippen molar-refractivity contribution in [3.8, 4) is 29.0 Å². The van der Waals surface area contributed by atoms with Crippen LogP contribution in [0, 0.1) is 17.1 Å². The smallest absolute Gasteiger partial charge is 0.326 e. The van der Waals surface area contributed by atoms with Crippen molar-refractivity contribution in [3.63, 3.8) is 0 Å². The topological polar surface area (TPSA) is 237 Å². The molecule has 478 valence electrons. The van der Waals surface area contributed by atoms with Gasteiger partial charge in [0, 0.05) is 73.9 Å². The first-order valence-electron chi connectivity index (χ1n) is 30.3. The molecule has 0 saturated carbocycles. The summed E-state index contributed by atoms with van der Waals surface area (Å²) in [5.74, 6) is -0.126. The lowest BCUT2D eigenvalue weighted by Crippen LogP contribution is -2.60. The van der Waals surface area contributed by atoms with E-state index >= 15 is 4.79 Å². The number of amides is 4. The van der Waals surface area contributed by atoms with E-state index in [0.717, 1.165) is 22.3 Å². The highest BCUT2D eigenvalue weighted by molar-refractivity contribution is 6.30. The summed E-state index contributed by atoms with van der Waals surface area (Å²) < 4.78 is 51.2. The van der Waals surface area contributed by atoms with Gasteiger partial charge in [0.15, 0.2) is 5.82 Å². The number of fused-ring (bicyclic) bond motifs is 5. The Bertz CT molecular complexity index is 3590. The molecule has 0 spiro atoms. The molecule has 3 aliphatic rings. The molecule has 4 amide bonds. The number of piperazine rings is 1. The first-order chi connectivity index (χ1) is 43.1. The summed E-state index contributed by atoms with van der Waals surface area (Å²) in [4.78, 5) is 63.9. The molecule has 3 N–H and O–H groups in total. The number of urea groups is 1. The Kier molecular flexibility index (Phi) is 21.8. The number of carbonyl (C=O) groups is 3. The molecule has 1 saturated heterocycles. The lowest BCUT2D eigenvalue weighted by molar-refractivity contribution is -0.122. The average molecular weight is 1270 g/mol. The Morgan fingerprint density at radius 2 is 1.47 bits per heavy atom. The van der Waals surface area contributed by atoms with Crippen molar-refractivity contribution >= 4 is 52.7 Å². The van der Waals surface area contributed by atoms with Gasteiger partial charge in [-0.1, -0.05) is 74.3 Å². The minimum atomic E-state index is -1.03. The fraction of sp³-hybridized carbons (Fsp3) is 0.455. The zero-order valence-electron chi connectivity index (χ0n) is 52.3. The molecule has 5 heterocycles. The summed E-state index contributed by atoms with van der Waals surface area (Å²) in [5, 5.41) is 19.1. The lowest BCUT2D eigenvalue weighted by atomic mass is 9.71. The molecule has 0 aliphatic carbocycles. The average Bonchev–Trinajstić information content (AvgIpc) is 1.53. The van der Waals surface area contributed by atoms with Gasteiger partial charge in [-0.25, -0.2) is 19.2 Å². The van der Waals surface area contributed by atoms with Crippen LogP contribution in [-0.4, -0.2) is 169 Å². The molecule has 90 heavy (non-hydrogen) atoms. The first kappa shape index (κ1) is 66.7. The second-order valence-electron chi connectivity index (χ2n) is 23.6. The predicted octanol–water partition coefficient (Wildman–Crippen LogP) is 9.57. The van der Waals surface area contributed by atoms with Crippen molar-refractivity contribution in [1.29, 1.82) is 5.26 Å². The maximum atomic E-state index is 15.5. The minimum absolute atomic E-state index is 0.0276. The molecular weight excluding hydrogens is 1190 g/mol. The summed E-state index contributed by atoms with van der Waals surface area (Å²) in [6.07, 6.45) is 0.655. The number of nitrogens with one attached hydrogen (secondary N) is 1. The number of amidine groups is 1. The molecule has 4 aromatic carbocycles. The molecule has 3 atom stereocenters. The Labute approximate surface area is 535 Å². The molecule has 24 heteroatoms. The second kappa shape index (κ2) is 29.5. The van der Waals surface area contributed by atoms with E-state index in [1.807, 2.05) is 71.3 Å². The van der Waals surface area contributed by atoms with Crippen LogP contribution in [0.3, 0.4) is 0 Å². The van der Waals surface area contributed by atoms with Gasteiger partial charge in [-0.15, -0.1) is 0 Å². The van der Waals surface area contributed by atoms with E-state index in [4.69, 9.17) is 62.3 Å². The van der Waals surface area contributed by atoms with Crippen molar-refractivity contribution in [2.24, 2.45) is 4.99 Å². The van der Waals surface area contributed by atoms with Crippen molar-refractivity contribution in [2.75, 3.05) is 112 Å². The molecule has 0 unspecified atom stereocenters. The number of halogens is 3. The highest BCUT2D eigenvalue weighted by Crippen LogP contribution is 2.54. The van der Waals surface area contributed by atoms with E-state index in [9.17, 15) is 19.2 Å². The Morgan fingerprint density at radius 3 is 2.10 bits per heavy atom. The van der Waals surface area contributed by atoms with Crippen LogP contribution < -0.4 is 20.5 Å². The number of ether oxygens (including phenoxy) is 6. The third kappa shape index (κ3) is 15.0. The number of nitrogen functional groups attached to an aromatic ring is 1. The number of anilines is 1. The summed E-state index contributed by atoms with van der Waals surface area (Å²) in [6.45, 7) is 20.7. The van der Waals surface area contributed by atoms with Gasteiger partial charge in [0.05, 0.1) is 101 Å². The van der Waals surface area contributed by atoms with E-state index in [1.165, 1.54) is 34.0 Å². The summed E-state index contributed by atoms with van der Waals surface area (Å²) in [5.41, 5.74) is 9.13. The zero-order chi connectivity index (χ0) is 64.3. The number of hydrogen-bond donors (Lipinski definition) is 2. The number of aromatic nitrogens is 4. The van der Waals surface area contributed by atoms with Gasteiger partial charge in [0.25, 0.3) is 11.8 Å². The Hall–Kier alpha value is -7.75. The highest BCUT2D eigenvalue weighted by Gasteiger charge is 2.60. The molecule has 3 aliphatic heterocycles. The number of aliphatic imine (C=N–C) groups is 1. The number of nitrogens with zero attached hydrogens (tertiary/aromatic N) is 10. The van der Waals surface area contributed by atoms with Gasteiger partial charge in [0.1, 0.15) is 46.3 Å². The number of nitriles is 1. The fourth-order valence-electron chi connectivity index (χ4n) is 11.4. The van der Waals surface area contributed by atoms with Crippen LogP contribution in [-0.2, 0) is 53.3 Å². The normalized spacial score (nSPS) is 18.6. The largest absolute Gasteiger partial charge is 0.493 e. The van der Waals surface area contributed by atoms with E-state index < -0.39 is 28.9 Å². The first-order valence-corrected chi connectivity index (χ1v) is 31.0. The van der Waals surface area contributed by atoms with Crippen LogP contribution in [0.4, 0.5) is 15.0 Å². The van der Waals surface area contributed by atoms with Crippen molar-refractivity contribution in [1.82, 2.24) is 44.7 Å². The summed E-state index contributed by atoms with van der Waals surface area (Å²) in [7, 11) is 1.58. The number of benzene rings is 4. The third-order valence-corrected chi connectivity index (χ3v) is 17.1. The minimum Gasteiger partial charge on any atom is -0.493 e. The molecule has 6 aromatic rings. The van der Waals surface area contributed by atoms with E-state index in [0.29, 0.717) is 117 Å². The maximum absolute atomic E-state index is 15.5. The highest BCUT2D eigenvalue weighted by atomic mass is 35.5. The van der Waals surface area contributed by atoms with Crippen molar-refractivity contribution in [2.45, 2.75) is 90.6 Å². The Morgan fingerprint density at radius 1 is 0.844 bits per heavy atom. The molecule has 2 aromatic heterocycles. The molecular formula is C66H79Cl2FN12O9. The van der Waals surface area contributed by atoms with Gasteiger partial charge in [-0.05, 0) is 104 Å². The molecule has 21 nitrogen and oxygen atoms in total. The maximum Gasteiger partial charge on any atom is 0.326 e. The van der Waals surface area contributed by atoms with Gasteiger partial charge >= 0.3 is 6.03 Å². The third-order valence-electron chi connectivity index (χ3n) is 16.6. The van der Waals surface area contributed by atoms with E-state index in [2.05, 4.69) is 78.1 Å². The second-order valence-corrected chi connectivity index (χ2v) is 24.5. The van der Waals surface area contributed by atoms with E-state index in [-0.39, 0.29) is 85.3 Å². The predicted molar refractivity (Wildman–Crippen MR) is 340 cm³/mol. The number of rotatable bonds is 23.